The number of benzene rings is 2. The van der Waals surface area contributed by atoms with Gasteiger partial charge in [-0.2, -0.15) is 4.31 Å². The molecule has 1 aliphatic rings. The van der Waals surface area contributed by atoms with Gasteiger partial charge in [-0.3, -0.25) is 10.1 Å². The van der Waals surface area contributed by atoms with Gasteiger partial charge < -0.3 is 4.42 Å². The minimum atomic E-state index is -3.79. The molecule has 0 N–H and O–H groups in total. The van der Waals surface area contributed by atoms with E-state index in [1.165, 1.54) is 16.4 Å². The highest BCUT2D eigenvalue weighted by molar-refractivity contribution is 7.99. The van der Waals surface area contributed by atoms with Crippen LogP contribution in [0.3, 0.4) is 0 Å². The van der Waals surface area contributed by atoms with Crippen LogP contribution in [-0.2, 0) is 10.0 Å². The van der Waals surface area contributed by atoms with Gasteiger partial charge in [0.15, 0.2) is 0 Å². The summed E-state index contributed by atoms with van der Waals surface area (Å²) < 4.78 is 33.0. The first kappa shape index (κ1) is 21.5. The van der Waals surface area contributed by atoms with Crippen molar-refractivity contribution in [3.63, 3.8) is 0 Å². The van der Waals surface area contributed by atoms with E-state index in [2.05, 4.69) is 10.2 Å². The third-order valence-corrected chi connectivity index (χ3v) is 7.75. The molecule has 0 amide bonds. The van der Waals surface area contributed by atoms with Gasteiger partial charge in [0.1, 0.15) is 0 Å². The van der Waals surface area contributed by atoms with Crippen LogP contribution in [0.5, 0.6) is 0 Å². The number of hydrogen-bond acceptors (Lipinski definition) is 8. The second kappa shape index (κ2) is 9.16. The molecular formula is C20H20N4O5S2. The Hall–Kier alpha value is -2.76. The molecular weight excluding hydrogens is 440 g/mol. The maximum atomic E-state index is 13.0. The molecule has 11 heteroatoms. The van der Waals surface area contributed by atoms with Crippen LogP contribution in [-0.4, -0.2) is 40.9 Å². The molecule has 1 aliphatic heterocycles. The van der Waals surface area contributed by atoms with E-state index in [1.54, 1.807) is 0 Å². The quantitative estimate of drug-likeness (QED) is 0.393. The zero-order chi connectivity index (χ0) is 21.8. The molecule has 9 nitrogen and oxygen atoms in total. The zero-order valence-corrected chi connectivity index (χ0v) is 18.1. The van der Waals surface area contributed by atoms with Crippen molar-refractivity contribution in [3.05, 3.63) is 58.6 Å². The van der Waals surface area contributed by atoms with Gasteiger partial charge >= 0.3 is 0 Å². The van der Waals surface area contributed by atoms with Crippen LogP contribution in [0.2, 0.25) is 0 Å². The summed E-state index contributed by atoms with van der Waals surface area (Å²) in [5.41, 5.74) is 0.413. The van der Waals surface area contributed by atoms with E-state index in [9.17, 15) is 18.5 Å². The highest BCUT2D eigenvalue weighted by Gasteiger charge is 2.28. The summed E-state index contributed by atoms with van der Waals surface area (Å²) >= 11 is 0.926. The predicted molar refractivity (Wildman–Crippen MR) is 114 cm³/mol. The van der Waals surface area contributed by atoms with Crippen LogP contribution >= 0.6 is 11.8 Å². The second-order valence-corrected chi connectivity index (χ2v) is 9.98. The minimum absolute atomic E-state index is 0.0825. The smallest absolute Gasteiger partial charge is 0.284 e. The first-order valence-corrected chi connectivity index (χ1v) is 12.1. The maximum absolute atomic E-state index is 13.0. The number of sulfonamides is 1. The molecule has 0 aliphatic carbocycles. The molecule has 4 rings (SSSR count). The topological polar surface area (TPSA) is 119 Å². The average Bonchev–Trinajstić information content (AvgIpc) is 3.05. The Morgan fingerprint density at radius 1 is 1.00 bits per heavy atom. The van der Waals surface area contributed by atoms with Crippen molar-refractivity contribution in [2.24, 2.45) is 0 Å². The molecule has 31 heavy (non-hydrogen) atoms. The Balaban J connectivity index is 1.61. The number of hydrogen-bond donors (Lipinski definition) is 0. The van der Waals surface area contributed by atoms with Crippen molar-refractivity contribution in [2.45, 2.75) is 40.7 Å². The van der Waals surface area contributed by atoms with Gasteiger partial charge in [-0.05, 0) is 48.9 Å². The predicted octanol–water partition coefficient (Wildman–Crippen LogP) is 4.36. The average molecular weight is 461 g/mol. The van der Waals surface area contributed by atoms with E-state index < -0.39 is 14.9 Å². The van der Waals surface area contributed by atoms with Crippen molar-refractivity contribution in [1.29, 1.82) is 0 Å². The first-order chi connectivity index (χ1) is 14.9. The van der Waals surface area contributed by atoms with Gasteiger partial charge in [-0.25, -0.2) is 8.42 Å². The lowest BCUT2D eigenvalue weighted by Gasteiger charge is -2.19. The maximum Gasteiger partial charge on any atom is 0.284 e. The summed E-state index contributed by atoms with van der Waals surface area (Å²) in [5, 5.41) is 19.7. The van der Waals surface area contributed by atoms with Crippen LogP contribution in [0.15, 0.2) is 68.0 Å². The third-order valence-electron chi connectivity index (χ3n) is 4.95. The Morgan fingerprint density at radius 3 is 2.39 bits per heavy atom. The number of nitrogens with zero attached hydrogens (tertiary/aromatic N) is 4. The van der Waals surface area contributed by atoms with E-state index in [0.29, 0.717) is 19.0 Å². The summed E-state index contributed by atoms with van der Waals surface area (Å²) in [5.74, 6) is 0.297. The highest BCUT2D eigenvalue weighted by atomic mass is 32.2. The fraction of sp³-hybridized carbons (Fsp3) is 0.300. The van der Waals surface area contributed by atoms with Crippen molar-refractivity contribution >= 4 is 27.5 Å². The Bertz CT molecular complexity index is 1170. The number of aromatic nitrogens is 2. The van der Waals surface area contributed by atoms with E-state index in [4.69, 9.17) is 4.42 Å². The Kier molecular flexibility index (Phi) is 6.35. The normalized spacial score (nSPS) is 15.5. The SMILES string of the molecule is O=[N+]([O-])c1cc(S(=O)(=O)N2CCCCCC2)ccc1Sc1nnc(-c2ccccc2)o1. The summed E-state index contributed by atoms with van der Waals surface area (Å²) in [6, 6.07) is 13.1. The molecule has 1 fully saturated rings. The van der Waals surface area contributed by atoms with Crippen molar-refractivity contribution < 1.29 is 17.8 Å². The van der Waals surface area contributed by atoms with Crippen LogP contribution in [0, 0.1) is 10.1 Å². The molecule has 0 radical (unpaired) electrons. The van der Waals surface area contributed by atoms with Crippen molar-refractivity contribution in [3.8, 4) is 11.5 Å². The minimum Gasteiger partial charge on any atom is -0.411 e. The molecule has 0 bridgehead atoms. The first-order valence-electron chi connectivity index (χ1n) is 9.80. The fourth-order valence-corrected chi connectivity index (χ4v) is 5.66. The fourth-order valence-electron chi connectivity index (χ4n) is 3.36. The van der Waals surface area contributed by atoms with E-state index in [-0.39, 0.29) is 20.7 Å². The Labute approximate surface area is 183 Å². The second-order valence-electron chi connectivity index (χ2n) is 7.05. The van der Waals surface area contributed by atoms with Gasteiger partial charge in [0.05, 0.1) is 14.7 Å². The molecule has 2 aromatic carbocycles. The van der Waals surface area contributed by atoms with Crippen molar-refractivity contribution in [2.75, 3.05) is 13.1 Å². The largest absolute Gasteiger partial charge is 0.411 e. The van der Waals surface area contributed by atoms with E-state index in [0.717, 1.165) is 49.1 Å². The molecule has 162 valence electrons. The molecule has 0 unspecified atom stereocenters. The molecule has 0 saturated carbocycles. The molecule has 1 saturated heterocycles. The van der Waals surface area contributed by atoms with Gasteiger partial charge in [0.25, 0.3) is 10.9 Å². The lowest BCUT2D eigenvalue weighted by molar-refractivity contribution is -0.388. The number of nitro groups is 1. The van der Waals surface area contributed by atoms with E-state index >= 15 is 0 Å². The molecule has 1 aromatic heterocycles. The lowest BCUT2D eigenvalue weighted by atomic mass is 10.2. The van der Waals surface area contributed by atoms with Crippen LogP contribution in [0.25, 0.3) is 11.5 Å². The monoisotopic (exact) mass is 460 g/mol. The van der Waals surface area contributed by atoms with Gasteiger partial charge in [-0.15, -0.1) is 10.2 Å². The molecule has 0 spiro atoms. The third kappa shape index (κ3) is 4.78. The van der Waals surface area contributed by atoms with Gasteiger partial charge in [0, 0.05) is 24.7 Å². The standard InChI is InChI=1S/C20H20N4O5S2/c25-24(26)17-14-16(31(27,28)23-12-6-1-2-7-13-23)10-11-18(17)30-20-22-21-19(29-20)15-8-4-3-5-9-15/h3-5,8-11,14H,1-2,6-7,12-13H2. The van der Waals surface area contributed by atoms with Crippen LogP contribution in [0.1, 0.15) is 25.7 Å². The summed E-state index contributed by atoms with van der Waals surface area (Å²) in [7, 11) is -3.79. The summed E-state index contributed by atoms with van der Waals surface area (Å²) in [4.78, 5) is 11.2. The summed E-state index contributed by atoms with van der Waals surface area (Å²) in [6.07, 6.45) is 3.54. The van der Waals surface area contributed by atoms with Gasteiger partial charge in [-0.1, -0.05) is 31.0 Å². The highest BCUT2D eigenvalue weighted by Crippen LogP contribution is 2.37. The number of rotatable bonds is 6. The Morgan fingerprint density at radius 2 is 1.71 bits per heavy atom. The number of nitro benzene ring substituents is 1. The van der Waals surface area contributed by atoms with E-state index in [1.807, 2.05) is 30.3 Å². The van der Waals surface area contributed by atoms with Gasteiger partial charge in [0.2, 0.25) is 15.9 Å². The zero-order valence-electron chi connectivity index (χ0n) is 16.5. The van der Waals surface area contributed by atoms with Crippen LogP contribution in [0.4, 0.5) is 5.69 Å². The molecule has 2 heterocycles. The molecule has 0 atom stereocenters. The molecule has 3 aromatic rings. The van der Waals surface area contributed by atoms with Crippen LogP contribution < -0.4 is 0 Å². The van der Waals surface area contributed by atoms with Crippen molar-refractivity contribution in [1.82, 2.24) is 14.5 Å². The lowest BCUT2D eigenvalue weighted by Crippen LogP contribution is -2.31. The summed E-state index contributed by atoms with van der Waals surface area (Å²) in [6.45, 7) is 0.855.